The molecule has 5 heteroatoms. The van der Waals surface area contributed by atoms with E-state index in [1.54, 1.807) is 7.05 Å². The maximum Gasteiger partial charge on any atom is 0.232 e. The van der Waals surface area contributed by atoms with E-state index in [2.05, 4.69) is 9.97 Å². The van der Waals surface area contributed by atoms with Crippen molar-refractivity contribution in [3.63, 3.8) is 0 Å². The third-order valence-electron chi connectivity index (χ3n) is 3.53. The molecular weight excluding hydrogens is 264 g/mol. The first-order chi connectivity index (χ1) is 9.79. The number of amides is 1. The number of carbonyl (C=O) groups excluding carboxylic acids is 1. The molecule has 0 atom stereocenters. The van der Waals surface area contributed by atoms with E-state index in [0.29, 0.717) is 12.4 Å². The molecule has 2 rings (SSSR count). The summed E-state index contributed by atoms with van der Waals surface area (Å²) >= 11 is 0. The lowest BCUT2D eigenvalue weighted by Crippen LogP contribution is -2.36. The molecule has 0 saturated carbocycles. The molecule has 2 heterocycles. The minimum absolute atomic E-state index is 0.00120. The maximum absolute atomic E-state index is 12.5. The normalized spacial score (nSPS) is 11.5. The maximum atomic E-state index is 12.5. The van der Waals surface area contributed by atoms with Gasteiger partial charge >= 0.3 is 0 Å². The molecule has 2 aromatic rings. The lowest BCUT2D eigenvalue weighted by atomic mass is 9.99. The third kappa shape index (κ3) is 3.48. The van der Waals surface area contributed by atoms with Gasteiger partial charge in [0.05, 0.1) is 6.42 Å². The van der Waals surface area contributed by atoms with Gasteiger partial charge in [-0.2, -0.15) is 0 Å². The van der Waals surface area contributed by atoms with Crippen LogP contribution in [0, 0.1) is 13.8 Å². The number of aryl methyl sites for hydroxylation is 2. The zero-order chi connectivity index (χ0) is 15.6. The van der Waals surface area contributed by atoms with Crippen LogP contribution in [0.1, 0.15) is 31.7 Å². The number of hydrogen-bond acceptors (Lipinski definition) is 3. The molecule has 2 aromatic heterocycles. The first-order valence-corrected chi connectivity index (χ1v) is 7.02. The molecular formula is C16H22N4O. The second kappa shape index (κ2) is 5.68. The summed E-state index contributed by atoms with van der Waals surface area (Å²) in [4.78, 5) is 22.7. The van der Waals surface area contributed by atoms with Gasteiger partial charge in [-0.3, -0.25) is 9.69 Å². The van der Waals surface area contributed by atoms with Crippen molar-refractivity contribution in [3.8, 4) is 0 Å². The highest BCUT2D eigenvalue weighted by Crippen LogP contribution is 2.22. The molecule has 1 amide bonds. The molecule has 0 N–H and O–H groups in total. The van der Waals surface area contributed by atoms with E-state index >= 15 is 0 Å². The van der Waals surface area contributed by atoms with Gasteiger partial charge in [-0.1, -0.05) is 0 Å². The van der Waals surface area contributed by atoms with Gasteiger partial charge < -0.3 is 4.57 Å². The topological polar surface area (TPSA) is 51.0 Å². The van der Waals surface area contributed by atoms with Crippen molar-refractivity contribution in [2.45, 2.75) is 39.7 Å². The summed E-state index contributed by atoms with van der Waals surface area (Å²) in [6, 6.07) is 5.82. The van der Waals surface area contributed by atoms with Crippen molar-refractivity contribution in [3.05, 3.63) is 42.0 Å². The van der Waals surface area contributed by atoms with Gasteiger partial charge in [-0.25, -0.2) is 9.97 Å². The van der Waals surface area contributed by atoms with E-state index in [9.17, 15) is 4.79 Å². The van der Waals surface area contributed by atoms with E-state index in [4.69, 9.17) is 0 Å². The van der Waals surface area contributed by atoms with Gasteiger partial charge in [0.1, 0.15) is 0 Å². The molecule has 21 heavy (non-hydrogen) atoms. The number of hydrogen-bond donors (Lipinski definition) is 0. The summed E-state index contributed by atoms with van der Waals surface area (Å²) in [6.07, 6.45) is 4.33. The highest BCUT2D eigenvalue weighted by molar-refractivity contribution is 5.91. The molecule has 5 nitrogen and oxygen atoms in total. The zero-order valence-corrected chi connectivity index (χ0v) is 13.3. The monoisotopic (exact) mass is 286 g/mol. The minimum Gasteiger partial charge on any atom is -0.348 e. The first-order valence-electron chi connectivity index (χ1n) is 7.02. The van der Waals surface area contributed by atoms with Gasteiger partial charge in [0.15, 0.2) is 0 Å². The first kappa shape index (κ1) is 15.2. The Kier molecular flexibility index (Phi) is 4.11. The summed E-state index contributed by atoms with van der Waals surface area (Å²) in [5.74, 6) is 0.458. The average molecular weight is 286 g/mol. The molecule has 0 aliphatic heterocycles. The van der Waals surface area contributed by atoms with Crippen LogP contribution in [0.15, 0.2) is 30.6 Å². The number of anilines is 1. The van der Waals surface area contributed by atoms with Gasteiger partial charge in [-0.05, 0) is 45.9 Å². The van der Waals surface area contributed by atoms with E-state index in [-0.39, 0.29) is 11.4 Å². The van der Waals surface area contributed by atoms with Crippen LogP contribution in [0.2, 0.25) is 0 Å². The molecule has 0 fully saturated rings. The van der Waals surface area contributed by atoms with Crippen molar-refractivity contribution in [1.82, 2.24) is 14.5 Å². The Bertz CT molecular complexity index is 611. The van der Waals surface area contributed by atoms with E-state index in [1.807, 2.05) is 62.9 Å². The Morgan fingerprint density at radius 2 is 1.71 bits per heavy atom. The van der Waals surface area contributed by atoms with E-state index in [1.165, 1.54) is 4.90 Å². The van der Waals surface area contributed by atoms with Crippen LogP contribution in [0.4, 0.5) is 5.95 Å². The predicted octanol–water partition coefficient (Wildman–Crippen LogP) is 2.68. The highest BCUT2D eigenvalue weighted by Gasteiger charge is 2.26. The van der Waals surface area contributed by atoms with E-state index < -0.39 is 0 Å². The van der Waals surface area contributed by atoms with Gasteiger partial charge in [-0.15, -0.1) is 0 Å². The summed E-state index contributed by atoms with van der Waals surface area (Å²) in [5.41, 5.74) is 1.44. The Balaban J connectivity index is 2.16. The number of rotatable bonds is 4. The lowest BCUT2D eigenvalue weighted by Gasteiger charge is -2.28. The van der Waals surface area contributed by atoms with Crippen LogP contribution in [0.5, 0.6) is 0 Å². The lowest BCUT2D eigenvalue weighted by molar-refractivity contribution is -0.120. The Hall–Kier alpha value is -2.17. The predicted molar refractivity (Wildman–Crippen MR) is 83.3 cm³/mol. The molecule has 0 aromatic carbocycles. The number of carbonyl (C=O) groups is 1. The third-order valence-corrected chi connectivity index (χ3v) is 3.53. The van der Waals surface area contributed by atoms with E-state index in [0.717, 1.165) is 11.4 Å². The molecule has 0 bridgehead atoms. The summed E-state index contributed by atoms with van der Waals surface area (Å²) < 4.78 is 2.04. The fourth-order valence-corrected chi connectivity index (χ4v) is 2.29. The van der Waals surface area contributed by atoms with Crippen LogP contribution >= 0.6 is 0 Å². The van der Waals surface area contributed by atoms with Crippen molar-refractivity contribution < 1.29 is 4.79 Å². The average Bonchev–Trinajstić information content (AvgIpc) is 2.90. The fourth-order valence-electron chi connectivity index (χ4n) is 2.29. The van der Waals surface area contributed by atoms with Crippen LogP contribution < -0.4 is 4.90 Å². The largest absolute Gasteiger partial charge is 0.348 e. The van der Waals surface area contributed by atoms with Crippen molar-refractivity contribution in [2.75, 3.05) is 11.9 Å². The fraction of sp³-hybridized carbons (Fsp3) is 0.438. The second-order valence-corrected chi connectivity index (χ2v) is 5.98. The number of nitrogens with zero attached hydrogens (tertiary/aromatic N) is 4. The molecule has 0 radical (unpaired) electrons. The van der Waals surface area contributed by atoms with Crippen LogP contribution in [0.3, 0.4) is 0 Å². The van der Waals surface area contributed by atoms with Crippen molar-refractivity contribution in [1.29, 1.82) is 0 Å². The molecule has 0 aliphatic carbocycles. The molecule has 0 spiro atoms. The molecule has 112 valence electrons. The second-order valence-electron chi connectivity index (χ2n) is 5.98. The van der Waals surface area contributed by atoms with Crippen LogP contribution in [-0.2, 0) is 10.3 Å². The molecule has 0 saturated heterocycles. The smallest absolute Gasteiger partial charge is 0.232 e. The minimum atomic E-state index is -0.284. The molecule has 0 unspecified atom stereocenters. The van der Waals surface area contributed by atoms with Crippen LogP contribution in [-0.4, -0.2) is 27.5 Å². The summed E-state index contributed by atoms with van der Waals surface area (Å²) in [5, 5.41) is 0. The van der Waals surface area contributed by atoms with Gasteiger partial charge in [0.25, 0.3) is 0 Å². The Labute approximate surface area is 125 Å². The summed E-state index contributed by atoms with van der Waals surface area (Å²) in [6.45, 7) is 7.89. The van der Waals surface area contributed by atoms with Crippen molar-refractivity contribution >= 4 is 11.9 Å². The zero-order valence-electron chi connectivity index (χ0n) is 13.3. The van der Waals surface area contributed by atoms with Gasteiger partial charge in [0, 0.05) is 36.4 Å². The Morgan fingerprint density at radius 3 is 2.24 bits per heavy atom. The van der Waals surface area contributed by atoms with Gasteiger partial charge in [0.2, 0.25) is 11.9 Å². The SMILES string of the molecule is Cc1cc(C)nc(N(C)C(=O)CC(C)(C)n2cccc2)n1. The van der Waals surface area contributed by atoms with Crippen LogP contribution in [0.25, 0.3) is 0 Å². The highest BCUT2D eigenvalue weighted by atomic mass is 16.2. The quantitative estimate of drug-likeness (QED) is 0.868. The molecule has 0 aliphatic rings. The Morgan fingerprint density at radius 1 is 1.19 bits per heavy atom. The summed E-state index contributed by atoms with van der Waals surface area (Å²) in [7, 11) is 1.72. The standard InChI is InChI=1S/C16H22N4O/c1-12-10-13(2)18-15(17-12)19(5)14(21)11-16(3,4)20-8-6-7-9-20/h6-10H,11H2,1-5H3. The number of aromatic nitrogens is 3. The van der Waals surface area contributed by atoms with Crippen molar-refractivity contribution in [2.24, 2.45) is 0 Å².